The van der Waals surface area contributed by atoms with Crippen molar-refractivity contribution in [3.63, 3.8) is 0 Å². The van der Waals surface area contributed by atoms with E-state index in [0.29, 0.717) is 33.0 Å². The predicted molar refractivity (Wildman–Crippen MR) is 119 cm³/mol. The van der Waals surface area contributed by atoms with Crippen LogP contribution in [-0.2, 0) is 0 Å². The van der Waals surface area contributed by atoms with Gasteiger partial charge in [-0.3, -0.25) is 14.9 Å². The summed E-state index contributed by atoms with van der Waals surface area (Å²) in [4.78, 5) is 28.7. The van der Waals surface area contributed by atoms with Crippen molar-refractivity contribution < 1.29 is 9.72 Å². The van der Waals surface area contributed by atoms with Crippen molar-refractivity contribution in [1.82, 2.24) is 4.98 Å². The standard InChI is InChI=1S/C22H22N4O3S/c27-21(23-16-7-3-1-4-8-16)20-19(15-11-13-18(14-12-15)26(28)29)25-22(30-20)24-17-9-5-2-6-10-17/h1,3-4,7-8,11-14,17H,2,5-6,9-10H2,(H,23,27)(H,24,25). The molecule has 1 amide bonds. The van der Waals surface area contributed by atoms with E-state index in [-0.39, 0.29) is 11.6 Å². The summed E-state index contributed by atoms with van der Waals surface area (Å²) in [5, 5.41) is 18.1. The normalized spacial score (nSPS) is 14.3. The maximum Gasteiger partial charge on any atom is 0.269 e. The van der Waals surface area contributed by atoms with Crippen LogP contribution in [0.5, 0.6) is 0 Å². The van der Waals surface area contributed by atoms with E-state index in [9.17, 15) is 14.9 Å². The summed E-state index contributed by atoms with van der Waals surface area (Å²) in [6, 6.07) is 15.7. The molecule has 2 aromatic carbocycles. The molecule has 0 bridgehead atoms. The third-order valence-corrected chi connectivity index (χ3v) is 6.13. The lowest BCUT2D eigenvalue weighted by atomic mass is 9.96. The molecule has 154 valence electrons. The quantitative estimate of drug-likeness (QED) is 0.391. The minimum absolute atomic E-state index is 0.00446. The van der Waals surface area contributed by atoms with Gasteiger partial charge in [0.05, 0.1) is 10.6 Å². The van der Waals surface area contributed by atoms with Crippen molar-refractivity contribution in [1.29, 1.82) is 0 Å². The SMILES string of the molecule is O=C(Nc1ccccc1)c1sc(NC2CCCCC2)nc1-c1ccc([N+](=O)[O-])cc1. The lowest BCUT2D eigenvalue weighted by molar-refractivity contribution is -0.384. The number of carbonyl (C=O) groups is 1. The molecule has 1 heterocycles. The molecule has 0 radical (unpaired) electrons. The number of hydrogen-bond donors (Lipinski definition) is 2. The first-order valence-electron chi connectivity index (χ1n) is 9.99. The molecule has 3 aromatic rings. The molecular formula is C22H22N4O3S. The Morgan fingerprint density at radius 3 is 2.40 bits per heavy atom. The van der Waals surface area contributed by atoms with Crippen LogP contribution in [0.3, 0.4) is 0 Å². The molecule has 0 aliphatic heterocycles. The number of carbonyl (C=O) groups excluding carboxylic acids is 1. The first-order valence-corrected chi connectivity index (χ1v) is 10.8. The number of anilines is 2. The molecular weight excluding hydrogens is 400 g/mol. The predicted octanol–water partition coefficient (Wildman–Crippen LogP) is 5.72. The van der Waals surface area contributed by atoms with E-state index in [0.717, 1.165) is 12.8 Å². The maximum absolute atomic E-state index is 13.0. The minimum Gasteiger partial charge on any atom is -0.359 e. The van der Waals surface area contributed by atoms with Crippen LogP contribution in [0.2, 0.25) is 0 Å². The third-order valence-electron chi connectivity index (χ3n) is 5.15. The fourth-order valence-corrected chi connectivity index (χ4v) is 4.56. The van der Waals surface area contributed by atoms with Crippen molar-refractivity contribution in [3.05, 3.63) is 69.6 Å². The molecule has 30 heavy (non-hydrogen) atoms. The minimum atomic E-state index is -0.441. The zero-order valence-corrected chi connectivity index (χ0v) is 17.2. The third kappa shape index (κ3) is 4.65. The number of para-hydroxylation sites is 1. The summed E-state index contributed by atoms with van der Waals surface area (Å²) in [6.07, 6.45) is 5.84. The Bertz CT molecular complexity index is 1030. The highest BCUT2D eigenvalue weighted by atomic mass is 32.1. The Hall–Kier alpha value is -3.26. The molecule has 7 nitrogen and oxygen atoms in total. The molecule has 1 fully saturated rings. The van der Waals surface area contributed by atoms with Gasteiger partial charge in [0.15, 0.2) is 5.13 Å². The number of non-ortho nitro benzene ring substituents is 1. The van der Waals surface area contributed by atoms with E-state index in [1.54, 1.807) is 12.1 Å². The molecule has 2 N–H and O–H groups in total. The Balaban J connectivity index is 1.64. The van der Waals surface area contributed by atoms with Crippen molar-refractivity contribution in [3.8, 4) is 11.3 Å². The average Bonchev–Trinajstić information content (AvgIpc) is 3.19. The Labute approximate surface area is 178 Å². The van der Waals surface area contributed by atoms with Gasteiger partial charge in [0.2, 0.25) is 0 Å². The van der Waals surface area contributed by atoms with Crippen LogP contribution in [-0.4, -0.2) is 21.9 Å². The highest BCUT2D eigenvalue weighted by Gasteiger charge is 2.22. The summed E-state index contributed by atoms with van der Waals surface area (Å²) < 4.78 is 0. The van der Waals surface area contributed by atoms with Gasteiger partial charge < -0.3 is 10.6 Å². The van der Waals surface area contributed by atoms with Crippen LogP contribution in [0.1, 0.15) is 41.8 Å². The number of nitro benzene ring substituents is 1. The zero-order valence-electron chi connectivity index (χ0n) is 16.3. The highest BCUT2D eigenvalue weighted by molar-refractivity contribution is 7.18. The summed E-state index contributed by atoms with van der Waals surface area (Å²) in [6.45, 7) is 0. The molecule has 4 rings (SSSR count). The summed E-state index contributed by atoms with van der Waals surface area (Å²) in [7, 11) is 0. The molecule has 0 unspecified atom stereocenters. The number of nitrogens with one attached hydrogen (secondary N) is 2. The van der Waals surface area contributed by atoms with Gasteiger partial charge in [-0.1, -0.05) is 48.8 Å². The number of aromatic nitrogens is 1. The van der Waals surface area contributed by atoms with Crippen LogP contribution in [0.25, 0.3) is 11.3 Å². The Morgan fingerprint density at radius 2 is 1.73 bits per heavy atom. The Kier molecular flexibility index (Phi) is 6.04. The molecule has 0 saturated heterocycles. The van der Waals surface area contributed by atoms with Gasteiger partial charge in [0.25, 0.3) is 11.6 Å². The molecule has 1 saturated carbocycles. The lowest BCUT2D eigenvalue weighted by Gasteiger charge is -2.22. The fraction of sp³-hybridized carbons (Fsp3) is 0.273. The van der Waals surface area contributed by atoms with Crippen LogP contribution < -0.4 is 10.6 Å². The van der Waals surface area contributed by atoms with E-state index < -0.39 is 4.92 Å². The van der Waals surface area contributed by atoms with Gasteiger partial charge in [0.1, 0.15) is 4.88 Å². The monoisotopic (exact) mass is 422 g/mol. The van der Waals surface area contributed by atoms with Gasteiger partial charge in [-0.25, -0.2) is 4.98 Å². The molecule has 0 atom stereocenters. The summed E-state index contributed by atoms with van der Waals surface area (Å²) in [5.41, 5.74) is 1.91. The van der Waals surface area contributed by atoms with Gasteiger partial charge in [-0.15, -0.1) is 0 Å². The van der Waals surface area contributed by atoms with Crippen molar-refractivity contribution in [2.45, 2.75) is 38.1 Å². The first kappa shape index (κ1) is 20.0. The second-order valence-corrected chi connectivity index (χ2v) is 8.30. The van der Waals surface area contributed by atoms with Crippen LogP contribution in [0, 0.1) is 10.1 Å². The molecule has 0 spiro atoms. The van der Waals surface area contributed by atoms with Gasteiger partial charge in [0, 0.05) is 29.4 Å². The van der Waals surface area contributed by atoms with Gasteiger partial charge in [-0.05, 0) is 37.1 Å². The second-order valence-electron chi connectivity index (χ2n) is 7.30. The van der Waals surface area contributed by atoms with Crippen molar-refractivity contribution in [2.24, 2.45) is 0 Å². The topological polar surface area (TPSA) is 97.2 Å². The van der Waals surface area contributed by atoms with Crippen molar-refractivity contribution in [2.75, 3.05) is 10.6 Å². The maximum atomic E-state index is 13.0. The Morgan fingerprint density at radius 1 is 1.03 bits per heavy atom. The van der Waals surface area contributed by atoms with Crippen LogP contribution in [0.15, 0.2) is 54.6 Å². The molecule has 1 aromatic heterocycles. The van der Waals surface area contributed by atoms with Crippen LogP contribution >= 0.6 is 11.3 Å². The highest BCUT2D eigenvalue weighted by Crippen LogP contribution is 2.34. The zero-order chi connectivity index (χ0) is 20.9. The van der Waals surface area contributed by atoms with Crippen LogP contribution in [0.4, 0.5) is 16.5 Å². The number of nitro groups is 1. The average molecular weight is 423 g/mol. The number of rotatable bonds is 6. The number of nitrogens with zero attached hydrogens (tertiary/aromatic N) is 2. The second kappa shape index (κ2) is 9.04. The van der Waals surface area contributed by atoms with Crippen molar-refractivity contribution >= 4 is 33.8 Å². The summed E-state index contributed by atoms with van der Waals surface area (Å²) >= 11 is 1.32. The number of thiazole rings is 1. The smallest absolute Gasteiger partial charge is 0.269 e. The first-order chi connectivity index (χ1) is 14.6. The van der Waals surface area contributed by atoms with Gasteiger partial charge >= 0.3 is 0 Å². The molecule has 1 aliphatic rings. The number of hydrogen-bond acceptors (Lipinski definition) is 6. The van der Waals surface area contributed by atoms with Gasteiger partial charge in [-0.2, -0.15) is 0 Å². The number of benzene rings is 2. The summed E-state index contributed by atoms with van der Waals surface area (Å²) in [5.74, 6) is -0.247. The number of amides is 1. The molecule has 1 aliphatic carbocycles. The largest absolute Gasteiger partial charge is 0.359 e. The van der Waals surface area contributed by atoms with E-state index in [4.69, 9.17) is 0 Å². The fourth-order valence-electron chi connectivity index (χ4n) is 3.60. The lowest BCUT2D eigenvalue weighted by Crippen LogP contribution is -2.21. The molecule has 8 heteroatoms. The van der Waals surface area contributed by atoms with E-state index in [2.05, 4.69) is 15.6 Å². The van der Waals surface area contributed by atoms with E-state index in [1.165, 1.54) is 42.7 Å². The van der Waals surface area contributed by atoms with E-state index in [1.807, 2.05) is 30.3 Å². The van der Waals surface area contributed by atoms with E-state index >= 15 is 0 Å².